The summed E-state index contributed by atoms with van der Waals surface area (Å²) in [4.78, 5) is 0.575. The molecule has 0 bridgehead atoms. The highest BCUT2D eigenvalue weighted by Crippen LogP contribution is 2.30. The Balaban J connectivity index is 2.08. The van der Waals surface area contributed by atoms with E-state index in [9.17, 15) is 13.2 Å². The number of hydrogen-bond acceptors (Lipinski definition) is 2. The Labute approximate surface area is 130 Å². The maximum Gasteiger partial charge on any atom is 0.416 e. The van der Waals surface area contributed by atoms with Crippen LogP contribution in [0.25, 0.3) is 0 Å². The van der Waals surface area contributed by atoms with Crippen LogP contribution in [0.1, 0.15) is 5.56 Å². The number of para-hydroxylation sites is 1. The zero-order chi connectivity index (χ0) is 15.5. The number of rotatable bonds is 2. The van der Waals surface area contributed by atoms with E-state index in [-0.39, 0.29) is 10.8 Å². The van der Waals surface area contributed by atoms with Crippen LogP contribution in [-0.2, 0) is 18.8 Å². The van der Waals surface area contributed by atoms with Crippen molar-refractivity contribution in [3.8, 4) is 0 Å². The molecule has 0 fully saturated rings. The normalized spacial score (nSPS) is 11.0. The highest BCUT2D eigenvalue weighted by Gasteiger charge is 2.30. The van der Waals surface area contributed by atoms with Gasteiger partial charge in [0.1, 0.15) is 0 Å². The van der Waals surface area contributed by atoms with Gasteiger partial charge in [0.15, 0.2) is 5.11 Å². The first kappa shape index (κ1) is 15.5. The molecule has 2 aromatic rings. The molecular formula is C14H10F3N2S2-. The van der Waals surface area contributed by atoms with Gasteiger partial charge in [-0.15, -0.1) is 0 Å². The lowest BCUT2D eigenvalue weighted by atomic mass is 10.2. The van der Waals surface area contributed by atoms with Crippen molar-refractivity contribution in [3.63, 3.8) is 0 Å². The summed E-state index contributed by atoms with van der Waals surface area (Å²) in [5.74, 6) is 0. The molecule has 0 aromatic heterocycles. The molecule has 0 amide bonds. The van der Waals surface area contributed by atoms with Crippen LogP contribution < -0.4 is 10.6 Å². The molecule has 0 heterocycles. The first-order chi connectivity index (χ1) is 9.86. The van der Waals surface area contributed by atoms with Crippen molar-refractivity contribution >= 4 is 41.3 Å². The fraction of sp³-hybridized carbons (Fsp3) is 0.0714. The van der Waals surface area contributed by atoms with Gasteiger partial charge < -0.3 is 23.3 Å². The molecule has 0 spiro atoms. The Bertz CT molecular complexity index is 657. The van der Waals surface area contributed by atoms with E-state index in [2.05, 4.69) is 10.6 Å². The number of halogens is 3. The number of nitrogens with one attached hydrogen (secondary N) is 2. The highest BCUT2D eigenvalue weighted by molar-refractivity contribution is 7.80. The quantitative estimate of drug-likeness (QED) is 0.630. The number of alkyl halides is 3. The van der Waals surface area contributed by atoms with Gasteiger partial charge in [-0.05, 0) is 36.5 Å². The molecule has 21 heavy (non-hydrogen) atoms. The Hall–Kier alpha value is -1.86. The van der Waals surface area contributed by atoms with Gasteiger partial charge in [-0.25, -0.2) is 0 Å². The SMILES string of the molecule is FC(F)(F)c1cccc(NC(=S)Nc2ccccc2[S-])c1. The Morgan fingerprint density at radius 1 is 1.00 bits per heavy atom. The van der Waals surface area contributed by atoms with Gasteiger partial charge in [-0.3, -0.25) is 0 Å². The van der Waals surface area contributed by atoms with Gasteiger partial charge >= 0.3 is 6.18 Å². The minimum Gasteiger partial charge on any atom is -0.778 e. The second-order valence-electron chi connectivity index (χ2n) is 4.15. The summed E-state index contributed by atoms with van der Waals surface area (Å²) < 4.78 is 37.8. The number of hydrogen-bond donors (Lipinski definition) is 2. The summed E-state index contributed by atoms with van der Waals surface area (Å²) in [5, 5.41) is 5.73. The minimum atomic E-state index is -4.39. The lowest BCUT2D eigenvalue weighted by Crippen LogP contribution is -2.19. The van der Waals surface area contributed by atoms with Crippen LogP contribution in [0.4, 0.5) is 24.5 Å². The van der Waals surface area contributed by atoms with Crippen molar-refractivity contribution in [2.45, 2.75) is 11.1 Å². The third kappa shape index (κ3) is 4.30. The Morgan fingerprint density at radius 2 is 1.71 bits per heavy atom. The molecule has 0 aliphatic carbocycles. The zero-order valence-electron chi connectivity index (χ0n) is 10.6. The summed E-state index contributed by atoms with van der Waals surface area (Å²) in [6.07, 6.45) is -4.39. The Morgan fingerprint density at radius 3 is 2.38 bits per heavy atom. The first-order valence-corrected chi connectivity index (χ1v) is 6.69. The summed E-state index contributed by atoms with van der Waals surface area (Å²) in [7, 11) is 0. The topological polar surface area (TPSA) is 24.1 Å². The molecule has 0 saturated heterocycles. The lowest BCUT2D eigenvalue weighted by molar-refractivity contribution is -0.137. The second kappa shape index (κ2) is 6.28. The lowest BCUT2D eigenvalue weighted by Gasteiger charge is -2.17. The molecule has 0 aliphatic heterocycles. The Kier molecular flexibility index (Phi) is 4.64. The third-order valence-corrected chi connectivity index (χ3v) is 3.14. The summed E-state index contributed by atoms with van der Waals surface area (Å²) >= 11 is 10.2. The second-order valence-corrected chi connectivity index (χ2v) is 5.00. The van der Waals surface area contributed by atoms with E-state index in [1.807, 2.05) is 0 Å². The fourth-order valence-electron chi connectivity index (χ4n) is 1.63. The van der Waals surface area contributed by atoms with Crippen LogP contribution in [0.3, 0.4) is 0 Å². The monoisotopic (exact) mass is 327 g/mol. The van der Waals surface area contributed by atoms with Crippen LogP contribution in [0.15, 0.2) is 53.4 Å². The average molecular weight is 327 g/mol. The van der Waals surface area contributed by atoms with Crippen LogP contribution in [-0.4, -0.2) is 5.11 Å². The van der Waals surface area contributed by atoms with Gasteiger partial charge in [0, 0.05) is 11.4 Å². The van der Waals surface area contributed by atoms with Gasteiger partial charge in [-0.1, -0.05) is 24.3 Å². The number of benzene rings is 2. The molecule has 2 nitrogen and oxygen atoms in total. The molecule has 2 rings (SSSR count). The van der Waals surface area contributed by atoms with Crippen molar-refractivity contribution < 1.29 is 13.2 Å². The van der Waals surface area contributed by atoms with Crippen molar-refractivity contribution in [2.24, 2.45) is 0 Å². The number of thiocarbonyl (C=S) groups is 1. The molecule has 110 valence electrons. The summed E-state index contributed by atoms with van der Waals surface area (Å²) in [6.45, 7) is 0. The summed E-state index contributed by atoms with van der Waals surface area (Å²) in [6, 6.07) is 11.8. The molecule has 7 heteroatoms. The molecule has 0 atom stereocenters. The van der Waals surface area contributed by atoms with Crippen molar-refractivity contribution in [1.29, 1.82) is 0 Å². The standard InChI is InChI=1S/C14H11F3N2S2/c15-14(16,17)9-4-3-5-10(8-9)18-13(21)19-11-6-1-2-7-12(11)20/h1-8,20H,(H2,18,19,21)/p-1. The predicted octanol–water partition coefficient (Wildman–Crippen LogP) is 4.42. The van der Waals surface area contributed by atoms with Crippen molar-refractivity contribution in [2.75, 3.05) is 10.6 Å². The third-order valence-electron chi connectivity index (χ3n) is 2.58. The van der Waals surface area contributed by atoms with E-state index >= 15 is 0 Å². The molecule has 0 radical (unpaired) electrons. The van der Waals surface area contributed by atoms with Crippen molar-refractivity contribution in [1.82, 2.24) is 0 Å². The van der Waals surface area contributed by atoms with E-state index in [1.165, 1.54) is 12.1 Å². The molecule has 0 aliphatic rings. The van der Waals surface area contributed by atoms with E-state index in [4.69, 9.17) is 24.8 Å². The van der Waals surface area contributed by atoms with Gasteiger partial charge in [0.2, 0.25) is 0 Å². The predicted molar refractivity (Wildman–Crippen MR) is 83.4 cm³/mol. The van der Waals surface area contributed by atoms with Crippen LogP contribution in [0.5, 0.6) is 0 Å². The average Bonchev–Trinajstić information content (AvgIpc) is 2.41. The zero-order valence-corrected chi connectivity index (χ0v) is 12.2. The van der Waals surface area contributed by atoms with Gasteiger partial charge in [0.25, 0.3) is 0 Å². The molecule has 2 aromatic carbocycles. The first-order valence-electron chi connectivity index (χ1n) is 5.87. The van der Waals surface area contributed by atoms with E-state index in [0.29, 0.717) is 10.6 Å². The van der Waals surface area contributed by atoms with Crippen LogP contribution in [0, 0.1) is 0 Å². The maximum atomic E-state index is 12.6. The van der Waals surface area contributed by atoms with E-state index < -0.39 is 11.7 Å². The van der Waals surface area contributed by atoms with Crippen LogP contribution >= 0.6 is 12.2 Å². The summed E-state index contributed by atoms with van der Waals surface area (Å²) in [5.41, 5.74) is 0.139. The van der Waals surface area contributed by atoms with Gasteiger partial charge in [0.05, 0.1) is 5.56 Å². The molecular weight excluding hydrogens is 317 g/mol. The highest BCUT2D eigenvalue weighted by atomic mass is 32.1. The van der Waals surface area contributed by atoms with Crippen LogP contribution in [0.2, 0.25) is 0 Å². The largest absolute Gasteiger partial charge is 0.778 e. The van der Waals surface area contributed by atoms with E-state index in [1.54, 1.807) is 24.3 Å². The smallest absolute Gasteiger partial charge is 0.416 e. The van der Waals surface area contributed by atoms with Crippen molar-refractivity contribution in [3.05, 3.63) is 54.1 Å². The van der Waals surface area contributed by atoms with Gasteiger partial charge in [-0.2, -0.15) is 18.1 Å². The van der Waals surface area contributed by atoms with E-state index in [0.717, 1.165) is 12.1 Å². The molecule has 0 saturated carbocycles. The minimum absolute atomic E-state index is 0.173. The number of anilines is 2. The molecule has 0 unspecified atom stereocenters. The maximum absolute atomic E-state index is 12.6. The molecule has 2 N–H and O–H groups in total. The fourth-order valence-corrected chi connectivity index (χ4v) is 2.05.